The third kappa shape index (κ3) is 3.09. The zero-order valence-electron chi connectivity index (χ0n) is 11.4. The number of aromatic nitrogens is 1. The highest BCUT2D eigenvalue weighted by molar-refractivity contribution is 7.91. The van der Waals surface area contributed by atoms with Gasteiger partial charge in [0.2, 0.25) is 0 Å². The highest BCUT2D eigenvalue weighted by Crippen LogP contribution is 2.40. The van der Waals surface area contributed by atoms with Crippen LogP contribution in [0.4, 0.5) is 5.13 Å². The van der Waals surface area contributed by atoms with Crippen molar-refractivity contribution >= 4 is 26.5 Å². The largest absolute Gasteiger partial charge is 0.375 e. The van der Waals surface area contributed by atoms with Crippen LogP contribution in [-0.4, -0.2) is 19.9 Å². The molecule has 1 aromatic rings. The van der Waals surface area contributed by atoms with E-state index in [-0.39, 0.29) is 9.62 Å². The predicted molar refractivity (Wildman–Crippen MR) is 77.6 cm³/mol. The first-order chi connectivity index (χ1) is 8.88. The first-order valence-electron chi connectivity index (χ1n) is 6.61. The summed E-state index contributed by atoms with van der Waals surface area (Å²) in [6.07, 6.45) is 5.62. The van der Waals surface area contributed by atoms with E-state index in [1.165, 1.54) is 12.8 Å². The van der Waals surface area contributed by atoms with Crippen molar-refractivity contribution in [1.29, 1.82) is 0 Å². The van der Waals surface area contributed by atoms with Crippen molar-refractivity contribution in [3.8, 4) is 0 Å². The minimum absolute atomic E-state index is 0.136. The summed E-state index contributed by atoms with van der Waals surface area (Å²) < 4.78 is 27.6. The molecule has 3 N–H and O–H groups in total. The Hall–Kier alpha value is -0.660. The van der Waals surface area contributed by atoms with E-state index in [1.54, 1.807) is 6.92 Å². The molecule has 5 nitrogen and oxygen atoms in total. The molecule has 0 radical (unpaired) electrons. The van der Waals surface area contributed by atoms with Crippen LogP contribution >= 0.6 is 11.3 Å². The molecule has 1 aromatic heterocycles. The van der Waals surface area contributed by atoms with Crippen LogP contribution in [0.2, 0.25) is 0 Å². The number of sulfonamides is 1. The van der Waals surface area contributed by atoms with Crippen LogP contribution in [-0.2, 0) is 10.0 Å². The van der Waals surface area contributed by atoms with Gasteiger partial charge in [-0.1, -0.05) is 31.1 Å². The van der Waals surface area contributed by atoms with Gasteiger partial charge in [-0.3, -0.25) is 0 Å². The number of nitrogens with two attached hydrogens (primary N) is 1. The van der Waals surface area contributed by atoms with Gasteiger partial charge in [0.1, 0.15) is 0 Å². The monoisotopic (exact) mass is 303 g/mol. The van der Waals surface area contributed by atoms with E-state index in [2.05, 4.69) is 16.6 Å². The van der Waals surface area contributed by atoms with E-state index in [0.29, 0.717) is 17.4 Å². The van der Waals surface area contributed by atoms with Gasteiger partial charge >= 0.3 is 0 Å². The number of nitrogen functional groups attached to an aromatic ring is 1. The van der Waals surface area contributed by atoms with Gasteiger partial charge in [0.15, 0.2) is 9.34 Å². The Balaban J connectivity index is 2.12. The zero-order chi connectivity index (χ0) is 14.1. The molecule has 108 valence electrons. The number of hydrogen-bond acceptors (Lipinski definition) is 5. The van der Waals surface area contributed by atoms with Crippen molar-refractivity contribution in [2.75, 3.05) is 12.3 Å². The number of hydrogen-bond donors (Lipinski definition) is 2. The van der Waals surface area contributed by atoms with E-state index in [0.717, 1.165) is 30.6 Å². The molecule has 1 aliphatic carbocycles. The topological polar surface area (TPSA) is 85.1 Å². The maximum Gasteiger partial charge on any atom is 0.252 e. The van der Waals surface area contributed by atoms with E-state index in [1.807, 2.05) is 0 Å². The minimum atomic E-state index is -3.48. The molecule has 19 heavy (non-hydrogen) atoms. The molecule has 0 unspecified atom stereocenters. The lowest BCUT2D eigenvalue weighted by molar-refractivity contribution is 0.286. The van der Waals surface area contributed by atoms with Crippen LogP contribution < -0.4 is 10.5 Å². The van der Waals surface area contributed by atoms with E-state index in [4.69, 9.17) is 5.73 Å². The summed E-state index contributed by atoms with van der Waals surface area (Å²) >= 11 is 1.03. The van der Waals surface area contributed by atoms with Crippen LogP contribution in [0.15, 0.2) is 4.21 Å². The number of anilines is 1. The molecule has 0 saturated heterocycles. The molecule has 0 bridgehead atoms. The molecular formula is C12H21N3O2S2. The fraction of sp³-hybridized carbons (Fsp3) is 0.750. The number of aryl methyl sites for hydroxylation is 1. The first-order valence-corrected chi connectivity index (χ1v) is 8.91. The van der Waals surface area contributed by atoms with Gasteiger partial charge in [-0.2, -0.15) is 0 Å². The molecule has 0 amide bonds. The average Bonchev–Trinajstić information content (AvgIpc) is 2.95. The summed E-state index contributed by atoms with van der Waals surface area (Å²) in [6.45, 7) is 4.32. The molecular weight excluding hydrogens is 282 g/mol. The Labute approximate surface area is 118 Å². The fourth-order valence-corrected chi connectivity index (χ4v) is 5.25. The minimum Gasteiger partial charge on any atom is -0.375 e. The maximum atomic E-state index is 12.3. The highest BCUT2D eigenvalue weighted by Gasteiger charge is 2.34. The molecule has 2 rings (SSSR count). The third-order valence-electron chi connectivity index (χ3n) is 4.07. The van der Waals surface area contributed by atoms with Crippen molar-refractivity contribution in [3.05, 3.63) is 5.69 Å². The standard InChI is InChI=1S/C12H21N3O2S2/c1-3-12(6-4-5-7-12)8-14-19(16,17)10-9(2)15-11(13)18-10/h14H,3-8H2,1-2H3,(H2,13,15). The van der Waals surface area contributed by atoms with Crippen molar-refractivity contribution in [2.45, 2.75) is 50.2 Å². The molecule has 0 aromatic carbocycles. The van der Waals surface area contributed by atoms with Crippen LogP contribution in [0, 0.1) is 12.3 Å². The van der Waals surface area contributed by atoms with Gasteiger partial charge in [-0.25, -0.2) is 18.1 Å². The molecule has 1 aliphatic rings. The van der Waals surface area contributed by atoms with E-state index < -0.39 is 10.0 Å². The molecule has 1 heterocycles. The average molecular weight is 303 g/mol. The third-order valence-corrected chi connectivity index (χ3v) is 7.06. The van der Waals surface area contributed by atoms with Gasteiger partial charge < -0.3 is 5.73 Å². The first kappa shape index (κ1) is 14.7. The van der Waals surface area contributed by atoms with Gasteiger partial charge in [0, 0.05) is 6.54 Å². The molecule has 0 aliphatic heterocycles. The second-order valence-electron chi connectivity index (χ2n) is 5.31. The van der Waals surface area contributed by atoms with Crippen LogP contribution in [0.3, 0.4) is 0 Å². The van der Waals surface area contributed by atoms with Crippen LogP contribution in [0.1, 0.15) is 44.7 Å². The van der Waals surface area contributed by atoms with Crippen LogP contribution in [0.5, 0.6) is 0 Å². The smallest absolute Gasteiger partial charge is 0.252 e. The summed E-state index contributed by atoms with van der Waals surface area (Å²) in [5.74, 6) is 0. The highest BCUT2D eigenvalue weighted by atomic mass is 32.2. The van der Waals surface area contributed by atoms with Gasteiger partial charge in [0.25, 0.3) is 10.0 Å². The lowest BCUT2D eigenvalue weighted by Gasteiger charge is -2.27. The van der Waals surface area contributed by atoms with Crippen molar-refractivity contribution in [3.63, 3.8) is 0 Å². The Bertz CT molecular complexity index is 545. The number of nitrogens with one attached hydrogen (secondary N) is 1. The molecule has 0 spiro atoms. The molecule has 0 atom stereocenters. The van der Waals surface area contributed by atoms with Crippen LogP contribution in [0.25, 0.3) is 0 Å². The van der Waals surface area contributed by atoms with Gasteiger partial charge in [-0.15, -0.1) is 0 Å². The summed E-state index contributed by atoms with van der Waals surface area (Å²) in [4.78, 5) is 3.97. The number of nitrogens with zero attached hydrogens (tertiary/aromatic N) is 1. The summed E-state index contributed by atoms with van der Waals surface area (Å²) in [7, 11) is -3.48. The van der Waals surface area contributed by atoms with Crippen molar-refractivity contribution in [2.24, 2.45) is 5.41 Å². The second-order valence-corrected chi connectivity index (χ2v) is 8.30. The Morgan fingerprint density at radius 1 is 1.42 bits per heavy atom. The van der Waals surface area contributed by atoms with E-state index in [9.17, 15) is 8.42 Å². The predicted octanol–water partition coefficient (Wildman–Crippen LogP) is 2.28. The van der Waals surface area contributed by atoms with Gasteiger partial charge in [0.05, 0.1) is 5.69 Å². The molecule has 7 heteroatoms. The summed E-state index contributed by atoms with van der Waals surface area (Å²) in [5.41, 5.74) is 6.18. The lowest BCUT2D eigenvalue weighted by Crippen LogP contribution is -2.35. The Morgan fingerprint density at radius 2 is 2.05 bits per heavy atom. The summed E-state index contributed by atoms with van der Waals surface area (Å²) in [5, 5.41) is 0.295. The fourth-order valence-electron chi connectivity index (χ4n) is 2.75. The molecule has 1 saturated carbocycles. The summed E-state index contributed by atoms with van der Waals surface area (Å²) in [6, 6.07) is 0. The normalized spacial score (nSPS) is 18.8. The lowest BCUT2D eigenvalue weighted by atomic mass is 9.84. The SMILES string of the molecule is CCC1(CNS(=O)(=O)c2sc(N)nc2C)CCCC1. The quantitative estimate of drug-likeness (QED) is 0.874. The number of thiazole rings is 1. The van der Waals surface area contributed by atoms with Crippen molar-refractivity contribution in [1.82, 2.24) is 9.71 Å². The van der Waals surface area contributed by atoms with E-state index >= 15 is 0 Å². The Kier molecular flexibility index (Phi) is 4.17. The molecule has 1 fully saturated rings. The second kappa shape index (κ2) is 5.38. The maximum absolute atomic E-state index is 12.3. The van der Waals surface area contributed by atoms with Crippen molar-refractivity contribution < 1.29 is 8.42 Å². The van der Waals surface area contributed by atoms with Gasteiger partial charge in [-0.05, 0) is 31.6 Å². The Morgan fingerprint density at radius 3 is 2.53 bits per heavy atom. The zero-order valence-corrected chi connectivity index (χ0v) is 13.0. The number of rotatable bonds is 5.